The molecule has 0 aliphatic carbocycles. The monoisotopic (exact) mass is 541 g/mol. The van der Waals surface area contributed by atoms with Gasteiger partial charge in [-0.25, -0.2) is 18.1 Å². The van der Waals surface area contributed by atoms with Crippen molar-refractivity contribution in [3.05, 3.63) is 66.0 Å². The maximum atomic E-state index is 13.5. The first-order valence-electron chi connectivity index (χ1n) is 13.4. The molecule has 1 aromatic heterocycles. The fourth-order valence-corrected chi connectivity index (χ4v) is 6.50. The molecular formula is C28H39N5O4S. The molecule has 2 heterocycles. The van der Waals surface area contributed by atoms with Crippen LogP contribution in [0.1, 0.15) is 69.9 Å². The van der Waals surface area contributed by atoms with Gasteiger partial charge >= 0.3 is 0 Å². The van der Waals surface area contributed by atoms with Gasteiger partial charge < -0.3 is 15.4 Å². The van der Waals surface area contributed by atoms with Crippen LogP contribution in [0.4, 0.5) is 0 Å². The molecule has 1 fully saturated rings. The van der Waals surface area contributed by atoms with Gasteiger partial charge in [0.25, 0.3) is 0 Å². The quantitative estimate of drug-likeness (QED) is 0.277. The second-order valence-corrected chi connectivity index (χ2v) is 12.4. The molecule has 1 aliphatic heterocycles. The molecule has 0 saturated carbocycles. The summed E-state index contributed by atoms with van der Waals surface area (Å²) in [6, 6.07) is 15.9. The van der Waals surface area contributed by atoms with Gasteiger partial charge in [0.2, 0.25) is 15.9 Å². The topological polar surface area (TPSA) is 127 Å². The molecular weight excluding hydrogens is 502 g/mol. The van der Waals surface area contributed by atoms with E-state index in [-0.39, 0.29) is 24.1 Å². The number of imidazole rings is 1. The van der Waals surface area contributed by atoms with Crippen molar-refractivity contribution < 1.29 is 18.3 Å². The molecule has 0 spiro atoms. The van der Waals surface area contributed by atoms with Gasteiger partial charge in [0, 0.05) is 19.0 Å². The normalized spacial score (nSPS) is 19.0. The van der Waals surface area contributed by atoms with Crippen molar-refractivity contribution in [1.82, 2.24) is 24.9 Å². The number of aliphatic hydroxyl groups is 1. The predicted octanol–water partition coefficient (Wildman–Crippen LogP) is 3.62. The van der Waals surface area contributed by atoms with Crippen LogP contribution in [0.2, 0.25) is 0 Å². The number of H-pyrrole nitrogens is 1. The van der Waals surface area contributed by atoms with E-state index in [4.69, 9.17) is 0 Å². The number of benzene rings is 2. The number of aliphatic hydroxyl groups excluding tert-OH is 1. The van der Waals surface area contributed by atoms with Crippen LogP contribution in [0.5, 0.6) is 0 Å². The van der Waals surface area contributed by atoms with Crippen LogP contribution >= 0.6 is 0 Å². The molecule has 1 unspecified atom stereocenters. The summed E-state index contributed by atoms with van der Waals surface area (Å²) in [5.74, 6) is 0.194. The Labute approximate surface area is 225 Å². The number of likely N-dealkylation sites (tertiary alicyclic amines) is 1. The van der Waals surface area contributed by atoms with E-state index in [2.05, 4.69) is 20.0 Å². The third kappa shape index (κ3) is 7.19. The molecule has 0 bridgehead atoms. The van der Waals surface area contributed by atoms with Gasteiger partial charge in [0.05, 0.1) is 22.8 Å². The number of nitrogens with zero attached hydrogens (tertiary/aromatic N) is 2. The zero-order chi connectivity index (χ0) is 27.3. The number of hydrogen-bond donors (Lipinski definition) is 4. The lowest BCUT2D eigenvalue weighted by molar-refractivity contribution is -0.125. The number of carbonyl (C=O) groups excluding carboxylic acids is 1. The van der Waals surface area contributed by atoms with Crippen LogP contribution in [0.25, 0.3) is 11.0 Å². The maximum absolute atomic E-state index is 13.5. The minimum atomic E-state index is -3.74. The molecule has 0 radical (unpaired) electrons. The molecule has 1 saturated heterocycles. The minimum Gasteiger partial charge on any atom is -0.378 e. The van der Waals surface area contributed by atoms with Crippen LogP contribution < -0.4 is 10.0 Å². The van der Waals surface area contributed by atoms with E-state index in [0.29, 0.717) is 18.8 Å². The Morgan fingerprint density at radius 3 is 2.55 bits per heavy atom. The minimum absolute atomic E-state index is 0.0157. The van der Waals surface area contributed by atoms with Crippen molar-refractivity contribution >= 4 is 27.0 Å². The molecule has 38 heavy (non-hydrogen) atoms. The number of hydrogen-bond acceptors (Lipinski definition) is 6. The van der Waals surface area contributed by atoms with Crippen LogP contribution in [-0.4, -0.2) is 58.9 Å². The average Bonchev–Trinajstić information content (AvgIpc) is 3.55. The highest BCUT2D eigenvalue weighted by Gasteiger charge is 2.35. The second kappa shape index (κ2) is 12.4. The first-order chi connectivity index (χ1) is 18.1. The van der Waals surface area contributed by atoms with Crippen LogP contribution in [0.3, 0.4) is 0 Å². The van der Waals surface area contributed by atoms with E-state index >= 15 is 0 Å². The molecule has 1 amide bonds. The van der Waals surface area contributed by atoms with Gasteiger partial charge in [0.15, 0.2) is 0 Å². The Morgan fingerprint density at radius 2 is 1.84 bits per heavy atom. The summed E-state index contributed by atoms with van der Waals surface area (Å²) in [5.41, 5.74) is 2.73. The summed E-state index contributed by atoms with van der Waals surface area (Å²) in [7, 11) is -3.74. The molecule has 10 heteroatoms. The van der Waals surface area contributed by atoms with E-state index in [1.54, 1.807) is 6.92 Å². The average molecular weight is 542 g/mol. The van der Waals surface area contributed by atoms with E-state index in [0.717, 1.165) is 29.4 Å². The highest BCUT2D eigenvalue weighted by Crippen LogP contribution is 2.34. The Balaban J connectivity index is 1.50. The maximum Gasteiger partial charge on any atom is 0.238 e. The third-order valence-electron chi connectivity index (χ3n) is 7.09. The number of rotatable bonds is 12. The van der Waals surface area contributed by atoms with Crippen molar-refractivity contribution in [2.24, 2.45) is 5.92 Å². The third-order valence-corrected chi connectivity index (χ3v) is 8.50. The first-order valence-corrected chi connectivity index (χ1v) is 15.0. The highest BCUT2D eigenvalue weighted by molar-refractivity contribution is 7.89. The van der Waals surface area contributed by atoms with E-state index < -0.39 is 34.2 Å². The summed E-state index contributed by atoms with van der Waals surface area (Å²) in [4.78, 5) is 23.2. The van der Waals surface area contributed by atoms with Gasteiger partial charge in [-0.3, -0.25) is 9.69 Å². The van der Waals surface area contributed by atoms with Crippen molar-refractivity contribution in [3.8, 4) is 0 Å². The van der Waals surface area contributed by atoms with E-state index in [1.165, 1.54) is 0 Å². The first kappa shape index (κ1) is 28.2. The Morgan fingerprint density at radius 1 is 1.13 bits per heavy atom. The Bertz CT molecular complexity index is 1280. The highest BCUT2D eigenvalue weighted by atomic mass is 32.2. The number of carbonyl (C=O) groups is 1. The lowest BCUT2D eigenvalue weighted by Gasteiger charge is -2.32. The van der Waals surface area contributed by atoms with Crippen molar-refractivity contribution in [3.63, 3.8) is 0 Å². The van der Waals surface area contributed by atoms with E-state index in [9.17, 15) is 18.3 Å². The Kier molecular flexibility index (Phi) is 9.19. The van der Waals surface area contributed by atoms with Gasteiger partial charge in [-0.2, -0.15) is 0 Å². The van der Waals surface area contributed by atoms with Crippen LogP contribution in [-0.2, 0) is 14.8 Å². The molecule has 1 aliphatic rings. The predicted molar refractivity (Wildman–Crippen MR) is 149 cm³/mol. The molecule has 3 aromatic rings. The standard InChI is InChI=1S/C28H39N5O4S/c1-19(2)15-17-38(36,37)32-24(18-26(34)33-16-9-14-25(33)21-10-5-4-6-11-21)28(35)29-20(3)27-30-22-12-7-8-13-23(22)31-27/h4-8,10-13,19-20,24-26,32,34H,9,14-18H2,1-3H3,(H,29,35)(H,30,31)/t20-,24-,25+,26?/m0/s1. The lowest BCUT2D eigenvalue weighted by atomic mass is 10.0. The molecule has 4 N–H and O–H groups in total. The van der Waals surface area contributed by atoms with Crippen molar-refractivity contribution in [1.29, 1.82) is 0 Å². The van der Waals surface area contributed by atoms with Crippen LogP contribution in [0.15, 0.2) is 54.6 Å². The number of nitrogens with one attached hydrogen (secondary N) is 3. The number of aromatic nitrogens is 2. The fraction of sp³-hybridized carbons (Fsp3) is 0.500. The summed E-state index contributed by atoms with van der Waals surface area (Å²) in [6.07, 6.45) is 1.22. The SMILES string of the molecule is CC(C)CCS(=O)(=O)N[C@@H](CC(O)N1CCC[C@@H]1c1ccccc1)C(=O)N[C@@H](C)c1nc2ccccc2[nH]1. The molecule has 2 aromatic carbocycles. The molecule has 206 valence electrons. The fourth-order valence-electron chi connectivity index (χ4n) is 4.96. The summed E-state index contributed by atoms with van der Waals surface area (Å²) in [5, 5.41) is 14.1. The number of sulfonamides is 1. The number of aromatic amines is 1. The number of para-hydroxylation sites is 2. The summed E-state index contributed by atoms with van der Waals surface area (Å²) < 4.78 is 28.4. The largest absolute Gasteiger partial charge is 0.378 e. The summed E-state index contributed by atoms with van der Waals surface area (Å²) in [6.45, 7) is 6.37. The van der Waals surface area contributed by atoms with Gasteiger partial charge in [-0.1, -0.05) is 56.3 Å². The second-order valence-electron chi connectivity index (χ2n) is 10.6. The van der Waals surface area contributed by atoms with Crippen molar-refractivity contribution in [2.45, 2.75) is 70.8 Å². The van der Waals surface area contributed by atoms with Crippen LogP contribution in [0, 0.1) is 5.92 Å². The molecule has 9 nitrogen and oxygen atoms in total. The lowest BCUT2D eigenvalue weighted by Crippen LogP contribution is -2.51. The molecule has 4 atom stereocenters. The van der Waals surface area contributed by atoms with Gasteiger partial charge in [0.1, 0.15) is 18.1 Å². The van der Waals surface area contributed by atoms with Gasteiger partial charge in [-0.05, 0) is 49.8 Å². The van der Waals surface area contributed by atoms with E-state index in [1.807, 2.05) is 73.3 Å². The summed E-state index contributed by atoms with van der Waals surface area (Å²) >= 11 is 0. The van der Waals surface area contributed by atoms with Gasteiger partial charge in [-0.15, -0.1) is 0 Å². The zero-order valence-corrected chi connectivity index (χ0v) is 23.1. The smallest absolute Gasteiger partial charge is 0.238 e. The Hall–Kier alpha value is -2.79. The van der Waals surface area contributed by atoms with Crippen molar-refractivity contribution in [2.75, 3.05) is 12.3 Å². The number of fused-ring (bicyclic) bond motifs is 1. The molecule has 4 rings (SSSR count). The number of amides is 1. The zero-order valence-electron chi connectivity index (χ0n) is 22.3.